The van der Waals surface area contributed by atoms with Crippen molar-refractivity contribution >= 4 is 29.5 Å². The summed E-state index contributed by atoms with van der Waals surface area (Å²) in [7, 11) is 0. The van der Waals surface area contributed by atoms with Gasteiger partial charge in [-0.25, -0.2) is 0 Å². The van der Waals surface area contributed by atoms with E-state index in [4.69, 9.17) is 21.7 Å². The second-order valence-corrected chi connectivity index (χ2v) is 5.89. The van der Waals surface area contributed by atoms with Crippen molar-refractivity contribution in [2.45, 2.75) is 13.3 Å². The molecule has 1 heterocycles. The second-order valence-electron chi connectivity index (χ2n) is 4.12. The van der Waals surface area contributed by atoms with Crippen molar-refractivity contribution < 1.29 is 14.3 Å². The number of benzene rings is 1. The van der Waals surface area contributed by atoms with E-state index in [0.29, 0.717) is 10.6 Å². The lowest BCUT2D eigenvalue weighted by molar-refractivity contribution is -0.143. The number of ether oxygens (including phenoxy) is 2. The quantitative estimate of drug-likeness (QED) is 0.505. The van der Waals surface area contributed by atoms with Crippen LogP contribution in [0.2, 0.25) is 0 Å². The first-order valence-electron chi connectivity index (χ1n) is 6.17. The Hall–Kier alpha value is -1.66. The summed E-state index contributed by atoms with van der Waals surface area (Å²) in [5, 5.41) is 0. The summed E-state index contributed by atoms with van der Waals surface area (Å²) >= 11 is 6.43. The second kappa shape index (κ2) is 7.21. The van der Waals surface area contributed by atoms with Gasteiger partial charge in [0, 0.05) is 10.6 Å². The predicted molar refractivity (Wildman–Crippen MR) is 80.8 cm³/mol. The number of rotatable bonds is 6. The summed E-state index contributed by atoms with van der Waals surface area (Å²) in [6.45, 7) is 2.48. The lowest BCUT2D eigenvalue weighted by Gasteiger charge is -2.07. The normalized spacial score (nSPS) is 10.2. The number of para-hydroxylation sites is 1. The third-order valence-corrected chi connectivity index (χ3v) is 3.92. The van der Waals surface area contributed by atoms with Gasteiger partial charge in [0.25, 0.3) is 0 Å². The molecule has 0 radical (unpaired) electrons. The van der Waals surface area contributed by atoms with E-state index in [2.05, 4.69) is 4.98 Å². The number of aromatic amines is 1. The minimum atomic E-state index is -0.269. The number of H-pyrrole nitrogens is 1. The fourth-order valence-electron chi connectivity index (χ4n) is 1.62. The van der Waals surface area contributed by atoms with E-state index in [9.17, 15) is 4.79 Å². The molecule has 0 fully saturated rings. The van der Waals surface area contributed by atoms with Gasteiger partial charge in [-0.15, -0.1) is 11.3 Å². The molecule has 0 bridgehead atoms. The maximum atomic E-state index is 11.7. The van der Waals surface area contributed by atoms with Gasteiger partial charge < -0.3 is 14.5 Å². The highest BCUT2D eigenvalue weighted by atomic mass is 32.1. The summed E-state index contributed by atoms with van der Waals surface area (Å²) in [6, 6.07) is 9.42. The summed E-state index contributed by atoms with van der Waals surface area (Å²) in [4.78, 5) is 15.6. The first kappa shape index (κ1) is 14.7. The molecule has 0 amide bonds. The zero-order chi connectivity index (χ0) is 14.4. The maximum absolute atomic E-state index is 11.7. The topological polar surface area (TPSA) is 51.3 Å². The molecule has 1 aromatic carbocycles. The van der Waals surface area contributed by atoms with Gasteiger partial charge in [-0.05, 0) is 31.3 Å². The number of hydrogen-bond donors (Lipinski definition) is 1. The largest absolute Gasteiger partial charge is 0.490 e. The number of hydrogen-bond acceptors (Lipinski definition) is 5. The van der Waals surface area contributed by atoms with Crippen molar-refractivity contribution in [3.05, 3.63) is 44.9 Å². The molecule has 0 aliphatic heterocycles. The number of thiazole rings is 1. The number of carbonyl (C=O) groups is 1. The van der Waals surface area contributed by atoms with E-state index < -0.39 is 0 Å². The Bertz CT molecular complexity index is 619. The van der Waals surface area contributed by atoms with E-state index in [1.54, 1.807) is 0 Å². The van der Waals surface area contributed by atoms with Crippen LogP contribution < -0.4 is 4.74 Å². The van der Waals surface area contributed by atoms with Crippen molar-refractivity contribution in [2.24, 2.45) is 0 Å². The third-order valence-electron chi connectivity index (χ3n) is 2.59. The zero-order valence-electron chi connectivity index (χ0n) is 11.0. The molecule has 1 N–H and O–H groups in total. The molecule has 20 heavy (non-hydrogen) atoms. The first-order valence-corrected chi connectivity index (χ1v) is 7.39. The van der Waals surface area contributed by atoms with Gasteiger partial charge in [0.2, 0.25) is 0 Å². The average Bonchev–Trinajstić information content (AvgIpc) is 2.74. The molecule has 2 rings (SSSR count). The van der Waals surface area contributed by atoms with E-state index in [-0.39, 0.29) is 19.0 Å². The Balaban J connectivity index is 1.70. The Morgan fingerprint density at radius 2 is 2.05 bits per heavy atom. The van der Waals surface area contributed by atoms with Crippen LogP contribution in [0.5, 0.6) is 5.75 Å². The van der Waals surface area contributed by atoms with Gasteiger partial charge in [0.05, 0.1) is 6.42 Å². The van der Waals surface area contributed by atoms with Crippen molar-refractivity contribution in [3.8, 4) is 5.75 Å². The maximum Gasteiger partial charge on any atom is 0.311 e. The van der Waals surface area contributed by atoms with Crippen LogP contribution in [0.4, 0.5) is 0 Å². The fraction of sp³-hybridized carbons (Fsp3) is 0.286. The number of carbonyl (C=O) groups excluding carboxylic acids is 1. The van der Waals surface area contributed by atoms with Crippen molar-refractivity contribution in [1.29, 1.82) is 0 Å². The third kappa shape index (κ3) is 4.47. The van der Waals surface area contributed by atoms with E-state index >= 15 is 0 Å². The van der Waals surface area contributed by atoms with Gasteiger partial charge in [0.1, 0.15) is 19.0 Å². The average molecular weight is 309 g/mol. The molecule has 0 aliphatic carbocycles. The monoisotopic (exact) mass is 309 g/mol. The van der Waals surface area contributed by atoms with Gasteiger partial charge in [-0.3, -0.25) is 4.79 Å². The van der Waals surface area contributed by atoms with Crippen LogP contribution in [0.15, 0.2) is 30.3 Å². The smallest absolute Gasteiger partial charge is 0.311 e. The molecule has 106 valence electrons. The van der Waals surface area contributed by atoms with Crippen LogP contribution in [0.1, 0.15) is 10.6 Å². The zero-order valence-corrected chi connectivity index (χ0v) is 12.7. The molecule has 0 unspecified atom stereocenters. The minimum absolute atomic E-state index is 0.239. The van der Waals surface area contributed by atoms with Crippen molar-refractivity contribution in [1.82, 2.24) is 4.98 Å². The number of esters is 1. The molecule has 2 aromatic rings. The van der Waals surface area contributed by atoms with Crippen molar-refractivity contribution in [2.75, 3.05) is 13.2 Å². The highest BCUT2D eigenvalue weighted by Gasteiger charge is 2.09. The van der Waals surface area contributed by atoms with Crippen LogP contribution in [0, 0.1) is 10.9 Å². The summed E-state index contributed by atoms with van der Waals surface area (Å²) < 4.78 is 11.2. The molecular weight excluding hydrogens is 294 g/mol. The first-order chi connectivity index (χ1) is 9.65. The van der Waals surface area contributed by atoms with Crippen molar-refractivity contribution in [3.63, 3.8) is 0 Å². The molecule has 4 nitrogen and oxygen atoms in total. The van der Waals surface area contributed by atoms with Crippen LogP contribution in [0.3, 0.4) is 0 Å². The standard InChI is InChI=1S/C14H15NO3S2/c1-10-12(20-14(19)15-10)9-13(16)18-8-7-17-11-5-3-2-4-6-11/h2-6H,7-9H2,1H3,(H,15,19). The van der Waals surface area contributed by atoms with Gasteiger partial charge in [0.15, 0.2) is 3.95 Å². The van der Waals surface area contributed by atoms with Gasteiger partial charge in [-0.1, -0.05) is 18.2 Å². The summed E-state index contributed by atoms with van der Waals surface area (Å²) in [5.41, 5.74) is 0.928. The number of aryl methyl sites for hydroxylation is 1. The Morgan fingerprint density at radius 3 is 2.70 bits per heavy atom. The molecule has 0 saturated heterocycles. The fourth-order valence-corrected chi connectivity index (χ4v) is 2.90. The highest BCUT2D eigenvalue weighted by Crippen LogP contribution is 2.15. The molecule has 0 atom stereocenters. The van der Waals surface area contributed by atoms with Crippen LogP contribution >= 0.6 is 23.6 Å². The van der Waals surface area contributed by atoms with Gasteiger partial charge >= 0.3 is 5.97 Å². The van der Waals surface area contributed by atoms with E-state index in [0.717, 1.165) is 16.3 Å². The summed E-state index contributed by atoms with van der Waals surface area (Å²) in [6.07, 6.45) is 0.245. The van der Waals surface area contributed by atoms with Crippen LogP contribution in [-0.4, -0.2) is 24.2 Å². The van der Waals surface area contributed by atoms with Gasteiger partial charge in [-0.2, -0.15) is 0 Å². The Morgan fingerprint density at radius 1 is 1.30 bits per heavy atom. The SMILES string of the molecule is Cc1[nH]c(=S)sc1CC(=O)OCCOc1ccccc1. The molecular formula is C14H15NO3S2. The van der Waals surface area contributed by atoms with E-state index in [1.807, 2.05) is 37.3 Å². The summed E-state index contributed by atoms with van der Waals surface area (Å²) in [5.74, 6) is 0.498. The number of nitrogens with one attached hydrogen (secondary N) is 1. The molecule has 1 aromatic heterocycles. The Kier molecular flexibility index (Phi) is 5.31. The Labute approximate surface area is 126 Å². The predicted octanol–water partition coefficient (Wildman–Crippen LogP) is 3.28. The molecule has 0 spiro atoms. The molecule has 0 aliphatic rings. The molecule has 6 heteroatoms. The van der Waals surface area contributed by atoms with E-state index in [1.165, 1.54) is 11.3 Å². The van der Waals surface area contributed by atoms with Crippen LogP contribution in [-0.2, 0) is 16.0 Å². The molecule has 0 saturated carbocycles. The minimum Gasteiger partial charge on any atom is -0.490 e. The lowest BCUT2D eigenvalue weighted by atomic mass is 10.3. The lowest BCUT2D eigenvalue weighted by Crippen LogP contribution is -2.13. The number of aromatic nitrogens is 1. The van der Waals surface area contributed by atoms with Crippen LogP contribution in [0.25, 0.3) is 0 Å². The highest BCUT2D eigenvalue weighted by molar-refractivity contribution is 7.73.